The zero-order valence-corrected chi connectivity index (χ0v) is 20.2. The van der Waals surface area contributed by atoms with Crippen molar-refractivity contribution in [3.8, 4) is 0 Å². The average molecular weight is 463 g/mol. The number of aromatic nitrogens is 2. The molecule has 0 aliphatic carbocycles. The van der Waals surface area contributed by atoms with Crippen molar-refractivity contribution in [1.82, 2.24) is 14.7 Å². The molecule has 1 amide bonds. The van der Waals surface area contributed by atoms with Gasteiger partial charge in [0.1, 0.15) is 5.82 Å². The van der Waals surface area contributed by atoms with E-state index in [1.807, 2.05) is 24.3 Å². The molecule has 0 spiro atoms. The van der Waals surface area contributed by atoms with E-state index in [1.165, 1.54) is 49.2 Å². The second-order valence-corrected chi connectivity index (χ2v) is 9.72. The summed E-state index contributed by atoms with van der Waals surface area (Å²) in [5.41, 5.74) is 1.17. The van der Waals surface area contributed by atoms with Gasteiger partial charge < -0.3 is 10.2 Å². The number of hydrogen-bond donors (Lipinski definition) is 1. The standard InChI is InChI=1S/C24H35ClN4OS/c1-2-3-4-5-6-7-8-23(30)26-18-20-13-15-29(16-14-20)24-27-22(28-31-24)17-19-9-11-21(25)12-10-19/h9-12,20H,2-8,13-18H2,1H3,(H,26,30). The molecule has 0 unspecified atom stereocenters. The van der Waals surface area contributed by atoms with E-state index >= 15 is 0 Å². The van der Waals surface area contributed by atoms with Crippen LogP contribution in [0.25, 0.3) is 0 Å². The van der Waals surface area contributed by atoms with Crippen molar-refractivity contribution in [2.75, 3.05) is 24.5 Å². The van der Waals surface area contributed by atoms with Crippen molar-refractivity contribution < 1.29 is 4.79 Å². The summed E-state index contributed by atoms with van der Waals surface area (Å²) in [6.07, 6.45) is 10.9. The van der Waals surface area contributed by atoms with Crippen LogP contribution in [-0.4, -0.2) is 34.9 Å². The van der Waals surface area contributed by atoms with Gasteiger partial charge in [-0.25, -0.2) is 4.98 Å². The molecule has 1 fully saturated rings. The number of nitrogens with one attached hydrogen (secondary N) is 1. The van der Waals surface area contributed by atoms with E-state index in [9.17, 15) is 4.79 Å². The Balaban J connectivity index is 1.32. The molecule has 0 radical (unpaired) electrons. The second-order valence-electron chi connectivity index (χ2n) is 8.55. The molecular formula is C24H35ClN4OS. The normalized spacial score (nSPS) is 14.7. The molecule has 0 bridgehead atoms. The predicted molar refractivity (Wildman–Crippen MR) is 130 cm³/mol. The third-order valence-electron chi connectivity index (χ3n) is 5.96. The Morgan fingerprint density at radius 3 is 2.58 bits per heavy atom. The van der Waals surface area contributed by atoms with Gasteiger partial charge in [0.25, 0.3) is 0 Å². The number of unbranched alkanes of at least 4 members (excludes halogenated alkanes) is 5. The third kappa shape index (κ3) is 8.41. The van der Waals surface area contributed by atoms with Crippen molar-refractivity contribution in [3.05, 3.63) is 40.7 Å². The van der Waals surface area contributed by atoms with Crippen LogP contribution in [-0.2, 0) is 11.2 Å². The minimum Gasteiger partial charge on any atom is -0.356 e. The largest absolute Gasteiger partial charge is 0.356 e. The molecule has 170 valence electrons. The van der Waals surface area contributed by atoms with Crippen LogP contribution in [0.1, 0.15) is 76.1 Å². The number of nitrogens with zero attached hydrogens (tertiary/aromatic N) is 3. The molecule has 1 aromatic heterocycles. The highest BCUT2D eigenvalue weighted by Gasteiger charge is 2.22. The number of halogens is 1. The smallest absolute Gasteiger partial charge is 0.220 e. The molecule has 2 heterocycles. The minimum absolute atomic E-state index is 0.217. The van der Waals surface area contributed by atoms with E-state index < -0.39 is 0 Å². The Kier molecular flexibility index (Phi) is 10.1. The molecule has 1 aliphatic rings. The van der Waals surface area contributed by atoms with Gasteiger partial charge in [0.05, 0.1) is 0 Å². The van der Waals surface area contributed by atoms with Crippen LogP contribution in [0.15, 0.2) is 24.3 Å². The van der Waals surface area contributed by atoms with Gasteiger partial charge in [0.15, 0.2) is 0 Å². The number of anilines is 1. The van der Waals surface area contributed by atoms with Gasteiger partial charge in [-0.2, -0.15) is 4.37 Å². The molecule has 3 rings (SSSR count). The highest BCUT2D eigenvalue weighted by Crippen LogP contribution is 2.25. The molecular weight excluding hydrogens is 428 g/mol. The number of carbonyl (C=O) groups excluding carboxylic acids is 1. The van der Waals surface area contributed by atoms with E-state index in [0.717, 1.165) is 61.3 Å². The molecule has 1 N–H and O–H groups in total. The summed E-state index contributed by atoms with van der Waals surface area (Å²) in [6, 6.07) is 7.85. The van der Waals surface area contributed by atoms with Crippen LogP contribution in [0.4, 0.5) is 5.13 Å². The molecule has 0 atom stereocenters. The minimum atomic E-state index is 0.217. The summed E-state index contributed by atoms with van der Waals surface area (Å²) in [6.45, 7) is 4.99. The molecule has 1 aromatic carbocycles. The third-order valence-corrected chi connectivity index (χ3v) is 7.03. The fourth-order valence-electron chi connectivity index (χ4n) is 3.97. The lowest BCUT2D eigenvalue weighted by Gasteiger charge is -2.31. The van der Waals surface area contributed by atoms with Gasteiger partial charge in [0, 0.05) is 49.0 Å². The first kappa shape index (κ1) is 24.0. The number of amides is 1. The van der Waals surface area contributed by atoms with Crippen LogP contribution < -0.4 is 10.2 Å². The monoisotopic (exact) mass is 462 g/mol. The Labute approximate surface area is 195 Å². The van der Waals surface area contributed by atoms with Crippen molar-refractivity contribution in [2.45, 2.75) is 71.1 Å². The summed E-state index contributed by atoms with van der Waals surface area (Å²) in [4.78, 5) is 19.2. The zero-order chi connectivity index (χ0) is 21.9. The van der Waals surface area contributed by atoms with Crippen LogP contribution in [0.5, 0.6) is 0 Å². The Morgan fingerprint density at radius 1 is 1.13 bits per heavy atom. The molecule has 31 heavy (non-hydrogen) atoms. The number of benzene rings is 1. The highest BCUT2D eigenvalue weighted by atomic mass is 35.5. The first-order valence-corrected chi connectivity index (χ1v) is 12.9. The summed E-state index contributed by atoms with van der Waals surface area (Å²) in [5, 5.41) is 4.91. The number of piperidine rings is 1. The molecule has 7 heteroatoms. The summed E-state index contributed by atoms with van der Waals surface area (Å²) < 4.78 is 4.54. The highest BCUT2D eigenvalue weighted by molar-refractivity contribution is 7.09. The SMILES string of the molecule is CCCCCCCCC(=O)NCC1CCN(c2nc(Cc3ccc(Cl)cc3)ns2)CC1. The van der Waals surface area contributed by atoms with Crippen LogP contribution >= 0.6 is 23.1 Å². The number of carbonyl (C=O) groups is 1. The lowest BCUT2D eigenvalue weighted by Crippen LogP contribution is -2.38. The number of hydrogen-bond acceptors (Lipinski definition) is 5. The topological polar surface area (TPSA) is 58.1 Å². The Bertz CT molecular complexity index is 787. The van der Waals surface area contributed by atoms with Crippen molar-refractivity contribution in [1.29, 1.82) is 0 Å². The van der Waals surface area contributed by atoms with Crippen molar-refractivity contribution in [3.63, 3.8) is 0 Å². The lowest BCUT2D eigenvalue weighted by molar-refractivity contribution is -0.121. The fourth-order valence-corrected chi connectivity index (χ4v) is 4.83. The van der Waals surface area contributed by atoms with Crippen molar-refractivity contribution in [2.24, 2.45) is 5.92 Å². The van der Waals surface area contributed by atoms with E-state index in [2.05, 4.69) is 21.5 Å². The van der Waals surface area contributed by atoms with Gasteiger partial charge in [-0.05, 0) is 42.9 Å². The average Bonchev–Trinajstić information content (AvgIpc) is 3.25. The summed E-state index contributed by atoms with van der Waals surface area (Å²) in [5.74, 6) is 1.64. The predicted octanol–water partition coefficient (Wildman–Crippen LogP) is 5.87. The van der Waals surface area contributed by atoms with E-state index in [-0.39, 0.29) is 5.91 Å². The maximum absolute atomic E-state index is 12.1. The molecule has 1 aliphatic heterocycles. The lowest BCUT2D eigenvalue weighted by atomic mass is 9.97. The van der Waals surface area contributed by atoms with Crippen LogP contribution in [0, 0.1) is 5.92 Å². The van der Waals surface area contributed by atoms with Gasteiger partial charge in [-0.15, -0.1) is 0 Å². The van der Waals surface area contributed by atoms with Crippen LogP contribution in [0.2, 0.25) is 5.02 Å². The van der Waals surface area contributed by atoms with E-state index in [0.29, 0.717) is 12.3 Å². The molecule has 1 saturated heterocycles. The first-order chi connectivity index (χ1) is 15.1. The maximum atomic E-state index is 12.1. The van der Waals surface area contributed by atoms with E-state index in [1.54, 1.807) is 0 Å². The van der Waals surface area contributed by atoms with Gasteiger partial charge in [-0.1, -0.05) is 62.8 Å². The quantitative estimate of drug-likeness (QED) is 0.401. The maximum Gasteiger partial charge on any atom is 0.220 e. The Hall–Kier alpha value is -1.66. The molecule has 2 aromatic rings. The zero-order valence-electron chi connectivity index (χ0n) is 18.6. The van der Waals surface area contributed by atoms with E-state index in [4.69, 9.17) is 16.6 Å². The van der Waals surface area contributed by atoms with Crippen LogP contribution in [0.3, 0.4) is 0 Å². The fraction of sp³-hybridized carbons (Fsp3) is 0.625. The summed E-state index contributed by atoms with van der Waals surface area (Å²) >= 11 is 7.44. The van der Waals surface area contributed by atoms with Gasteiger partial charge in [0.2, 0.25) is 11.0 Å². The Morgan fingerprint density at radius 2 is 1.84 bits per heavy atom. The van der Waals surface area contributed by atoms with Gasteiger partial charge >= 0.3 is 0 Å². The first-order valence-electron chi connectivity index (χ1n) is 11.7. The number of rotatable bonds is 12. The van der Waals surface area contributed by atoms with Crippen molar-refractivity contribution >= 4 is 34.2 Å². The van der Waals surface area contributed by atoms with Gasteiger partial charge in [-0.3, -0.25) is 4.79 Å². The second kappa shape index (κ2) is 13.0. The molecule has 5 nitrogen and oxygen atoms in total. The summed E-state index contributed by atoms with van der Waals surface area (Å²) in [7, 11) is 0. The molecule has 0 saturated carbocycles.